The van der Waals surface area contributed by atoms with Gasteiger partial charge < -0.3 is 19.6 Å². The van der Waals surface area contributed by atoms with Crippen LogP contribution in [0.5, 0.6) is 5.75 Å². The maximum absolute atomic E-state index is 13.3. The first-order valence-corrected chi connectivity index (χ1v) is 13.0. The standard InChI is InChI=1S/C30H40N2O4/c1-7-22-10-12-23(13-11-22)27-26(29(34)30(35)32(27)17-16-31(8-2)9-3)28(33)25-15-14-24(18-21(25)6)36-19-20(4)5/h10-15,18,20,27,33H,7-9,16-17,19H2,1-6H3/t27-/m0/s1. The van der Waals surface area contributed by atoms with Crippen molar-refractivity contribution in [3.8, 4) is 5.75 Å². The first kappa shape index (κ1) is 27.5. The molecule has 2 aromatic carbocycles. The molecule has 6 nitrogen and oxygen atoms in total. The van der Waals surface area contributed by atoms with Gasteiger partial charge in [0.2, 0.25) is 0 Å². The predicted molar refractivity (Wildman–Crippen MR) is 144 cm³/mol. The number of likely N-dealkylation sites (tertiary alicyclic amines) is 1. The summed E-state index contributed by atoms with van der Waals surface area (Å²) in [6.45, 7) is 15.7. The first-order chi connectivity index (χ1) is 17.2. The summed E-state index contributed by atoms with van der Waals surface area (Å²) in [7, 11) is 0. The highest BCUT2D eigenvalue weighted by Crippen LogP contribution is 2.40. The van der Waals surface area contributed by atoms with Crippen LogP contribution in [0.15, 0.2) is 48.0 Å². The Kier molecular flexibility index (Phi) is 9.32. The monoisotopic (exact) mass is 492 g/mol. The van der Waals surface area contributed by atoms with Gasteiger partial charge in [0.05, 0.1) is 18.2 Å². The Morgan fingerprint density at radius 2 is 1.72 bits per heavy atom. The Balaban J connectivity index is 2.06. The van der Waals surface area contributed by atoms with Crippen LogP contribution in [0, 0.1) is 12.8 Å². The molecular formula is C30H40N2O4. The number of carbonyl (C=O) groups excluding carboxylic acids is 2. The Bertz CT molecular complexity index is 1100. The highest BCUT2D eigenvalue weighted by Gasteiger charge is 2.46. The smallest absolute Gasteiger partial charge is 0.295 e. The van der Waals surface area contributed by atoms with Crippen LogP contribution in [0.3, 0.4) is 0 Å². The number of aryl methyl sites for hydroxylation is 2. The normalized spacial score (nSPS) is 17.4. The van der Waals surface area contributed by atoms with Gasteiger partial charge in [-0.15, -0.1) is 0 Å². The molecule has 0 radical (unpaired) electrons. The molecule has 3 rings (SSSR count). The van der Waals surface area contributed by atoms with E-state index in [9.17, 15) is 14.7 Å². The molecule has 0 aromatic heterocycles. The highest BCUT2D eigenvalue weighted by molar-refractivity contribution is 6.46. The fourth-order valence-electron chi connectivity index (χ4n) is 4.58. The third-order valence-electron chi connectivity index (χ3n) is 6.83. The summed E-state index contributed by atoms with van der Waals surface area (Å²) in [4.78, 5) is 30.4. The number of aliphatic hydroxyl groups is 1. The Labute approximate surface area is 215 Å². The number of carbonyl (C=O) groups is 2. The lowest BCUT2D eigenvalue weighted by atomic mass is 9.93. The summed E-state index contributed by atoms with van der Waals surface area (Å²) in [5, 5.41) is 11.4. The zero-order chi connectivity index (χ0) is 26.4. The van der Waals surface area contributed by atoms with Crippen molar-refractivity contribution in [2.45, 2.75) is 54.0 Å². The van der Waals surface area contributed by atoms with Crippen LogP contribution in [0.25, 0.3) is 5.76 Å². The van der Waals surface area contributed by atoms with Crippen molar-refractivity contribution >= 4 is 17.4 Å². The van der Waals surface area contributed by atoms with Crippen molar-refractivity contribution in [2.75, 3.05) is 32.8 Å². The van der Waals surface area contributed by atoms with Gasteiger partial charge >= 0.3 is 0 Å². The molecule has 0 unspecified atom stereocenters. The molecule has 0 saturated carbocycles. The highest BCUT2D eigenvalue weighted by atomic mass is 16.5. The molecular weight excluding hydrogens is 452 g/mol. The summed E-state index contributed by atoms with van der Waals surface area (Å²) in [5.41, 5.74) is 3.45. The van der Waals surface area contributed by atoms with E-state index in [0.717, 1.165) is 30.6 Å². The van der Waals surface area contributed by atoms with Crippen molar-refractivity contribution in [1.29, 1.82) is 0 Å². The van der Waals surface area contributed by atoms with Crippen LogP contribution < -0.4 is 4.74 Å². The average Bonchev–Trinajstić information content (AvgIpc) is 3.12. The second kappa shape index (κ2) is 12.2. The number of amides is 1. The quantitative estimate of drug-likeness (QED) is 0.260. The maximum Gasteiger partial charge on any atom is 0.295 e. The Hall–Kier alpha value is -3.12. The summed E-state index contributed by atoms with van der Waals surface area (Å²) in [6, 6.07) is 12.7. The van der Waals surface area contributed by atoms with E-state index in [1.165, 1.54) is 5.56 Å². The first-order valence-electron chi connectivity index (χ1n) is 13.0. The molecule has 6 heteroatoms. The van der Waals surface area contributed by atoms with E-state index in [1.807, 2.05) is 37.3 Å². The lowest BCUT2D eigenvalue weighted by molar-refractivity contribution is -0.140. The zero-order valence-corrected chi connectivity index (χ0v) is 22.5. The van der Waals surface area contributed by atoms with E-state index in [-0.39, 0.29) is 11.3 Å². The SMILES string of the molecule is CCc1ccc([C@H]2C(=C(O)c3ccc(OCC(C)C)cc3C)C(=O)C(=O)N2CCN(CC)CC)cc1. The van der Waals surface area contributed by atoms with Crippen molar-refractivity contribution in [1.82, 2.24) is 9.80 Å². The van der Waals surface area contributed by atoms with Gasteiger partial charge in [-0.05, 0) is 67.2 Å². The number of rotatable bonds is 11. The molecule has 1 aliphatic rings. The van der Waals surface area contributed by atoms with Gasteiger partial charge in [0.15, 0.2) is 0 Å². The number of likely N-dealkylation sites (N-methyl/N-ethyl adjacent to an activating group) is 1. The van der Waals surface area contributed by atoms with Crippen molar-refractivity contribution in [3.63, 3.8) is 0 Å². The number of Topliss-reactive ketones (excluding diaryl/α,β-unsaturated/α-hetero) is 1. The minimum atomic E-state index is -0.642. The minimum absolute atomic E-state index is 0.141. The Morgan fingerprint density at radius 3 is 2.28 bits per heavy atom. The second-order valence-electron chi connectivity index (χ2n) is 9.80. The third-order valence-corrected chi connectivity index (χ3v) is 6.83. The van der Waals surface area contributed by atoms with Gasteiger partial charge in [-0.3, -0.25) is 9.59 Å². The van der Waals surface area contributed by atoms with E-state index in [0.29, 0.717) is 36.9 Å². The molecule has 1 saturated heterocycles. The third kappa shape index (κ3) is 5.98. The van der Waals surface area contributed by atoms with Crippen molar-refractivity contribution in [3.05, 3.63) is 70.3 Å². The fourth-order valence-corrected chi connectivity index (χ4v) is 4.58. The number of nitrogens with zero attached hydrogens (tertiary/aromatic N) is 2. The van der Waals surface area contributed by atoms with E-state index in [1.54, 1.807) is 17.0 Å². The van der Waals surface area contributed by atoms with Gasteiger partial charge in [0.1, 0.15) is 11.5 Å². The molecule has 0 spiro atoms. The van der Waals surface area contributed by atoms with Gasteiger partial charge in [0, 0.05) is 18.7 Å². The van der Waals surface area contributed by atoms with Gasteiger partial charge in [-0.25, -0.2) is 0 Å². The summed E-state index contributed by atoms with van der Waals surface area (Å²) < 4.78 is 5.82. The van der Waals surface area contributed by atoms with Crippen LogP contribution in [-0.4, -0.2) is 59.4 Å². The molecule has 1 fully saturated rings. The number of aliphatic hydroxyl groups excluding tert-OH is 1. The zero-order valence-electron chi connectivity index (χ0n) is 22.5. The molecule has 0 bridgehead atoms. The van der Waals surface area contributed by atoms with E-state index < -0.39 is 17.7 Å². The van der Waals surface area contributed by atoms with Crippen molar-refractivity contribution < 1.29 is 19.4 Å². The molecule has 36 heavy (non-hydrogen) atoms. The van der Waals surface area contributed by atoms with Crippen LogP contribution in [0.2, 0.25) is 0 Å². The molecule has 1 heterocycles. The van der Waals surface area contributed by atoms with Crippen LogP contribution in [0.1, 0.15) is 62.9 Å². The number of ether oxygens (including phenoxy) is 1. The molecule has 1 atom stereocenters. The van der Waals surface area contributed by atoms with Crippen molar-refractivity contribution in [2.24, 2.45) is 5.92 Å². The lowest BCUT2D eigenvalue weighted by Crippen LogP contribution is -2.38. The van der Waals surface area contributed by atoms with Gasteiger partial charge in [-0.1, -0.05) is 58.9 Å². The van der Waals surface area contributed by atoms with Gasteiger partial charge in [-0.2, -0.15) is 0 Å². The summed E-state index contributed by atoms with van der Waals surface area (Å²) in [5.74, 6) is -0.246. The predicted octanol–water partition coefficient (Wildman–Crippen LogP) is 5.36. The Morgan fingerprint density at radius 1 is 1.06 bits per heavy atom. The minimum Gasteiger partial charge on any atom is -0.507 e. The molecule has 1 amide bonds. The summed E-state index contributed by atoms with van der Waals surface area (Å²) in [6.07, 6.45) is 0.896. The lowest BCUT2D eigenvalue weighted by Gasteiger charge is -2.28. The van der Waals surface area contributed by atoms with Crippen LogP contribution in [-0.2, 0) is 16.0 Å². The van der Waals surface area contributed by atoms with Crippen LogP contribution in [0.4, 0.5) is 0 Å². The van der Waals surface area contributed by atoms with E-state index >= 15 is 0 Å². The fraction of sp³-hybridized carbons (Fsp3) is 0.467. The largest absolute Gasteiger partial charge is 0.507 e. The topological polar surface area (TPSA) is 70.1 Å². The number of ketones is 1. The second-order valence-corrected chi connectivity index (χ2v) is 9.80. The maximum atomic E-state index is 13.3. The van der Waals surface area contributed by atoms with Crippen LogP contribution >= 0.6 is 0 Å². The molecule has 2 aromatic rings. The number of hydrogen-bond donors (Lipinski definition) is 1. The number of hydrogen-bond acceptors (Lipinski definition) is 5. The van der Waals surface area contributed by atoms with Gasteiger partial charge in [0.25, 0.3) is 11.7 Å². The molecule has 1 aliphatic heterocycles. The molecule has 1 N–H and O–H groups in total. The average molecular weight is 493 g/mol. The summed E-state index contributed by atoms with van der Waals surface area (Å²) >= 11 is 0. The molecule has 0 aliphatic carbocycles. The van der Waals surface area contributed by atoms with E-state index in [4.69, 9.17) is 4.74 Å². The number of benzene rings is 2. The molecule has 194 valence electrons. The van der Waals surface area contributed by atoms with E-state index in [2.05, 4.69) is 39.5 Å².